The van der Waals surface area contributed by atoms with Gasteiger partial charge in [0, 0.05) is 5.56 Å². The number of carbonyl (C=O) groups is 1. The van der Waals surface area contributed by atoms with Crippen LogP contribution in [-0.4, -0.2) is 17.5 Å². The highest BCUT2D eigenvalue weighted by molar-refractivity contribution is 6.34. The van der Waals surface area contributed by atoms with Crippen molar-refractivity contribution in [2.45, 2.75) is 6.92 Å². The van der Waals surface area contributed by atoms with Crippen LogP contribution in [0.1, 0.15) is 22.8 Å². The van der Waals surface area contributed by atoms with Crippen LogP contribution in [0.25, 0.3) is 6.08 Å². The predicted molar refractivity (Wildman–Crippen MR) is 84.1 cm³/mol. The van der Waals surface area contributed by atoms with Gasteiger partial charge in [-0.25, -0.2) is 4.39 Å². The number of phenolic OH excluding ortho intramolecular Hbond substituents is 1. The Kier molecular flexibility index (Phi) is 5.17. The molecule has 0 saturated carbocycles. The van der Waals surface area contributed by atoms with E-state index < -0.39 is 5.82 Å². The molecule has 0 amide bonds. The summed E-state index contributed by atoms with van der Waals surface area (Å²) in [5, 5.41) is 9.68. The van der Waals surface area contributed by atoms with Gasteiger partial charge in [0.25, 0.3) is 0 Å². The first-order chi connectivity index (χ1) is 10.5. The first kappa shape index (κ1) is 16.0. The van der Waals surface area contributed by atoms with Gasteiger partial charge in [-0.1, -0.05) is 23.7 Å². The number of hydrogen-bond acceptors (Lipinski definition) is 3. The van der Waals surface area contributed by atoms with Crippen molar-refractivity contribution < 1.29 is 19.0 Å². The summed E-state index contributed by atoms with van der Waals surface area (Å²) in [7, 11) is 0. The first-order valence-corrected chi connectivity index (χ1v) is 7.02. The Bertz CT molecular complexity index is 726. The molecule has 3 nitrogen and oxygen atoms in total. The fourth-order valence-electron chi connectivity index (χ4n) is 1.86. The van der Waals surface area contributed by atoms with Gasteiger partial charge >= 0.3 is 0 Å². The van der Waals surface area contributed by atoms with Crippen molar-refractivity contribution in [3.05, 3.63) is 64.4 Å². The molecule has 5 heteroatoms. The minimum atomic E-state index is -0.495. The van der Waals surface area contributed by atoms with Crippen molar-refractivity contribution in [3.8, 4) is 11.5 Å². The zero-order valence-corrected chi connectivity index (χ0v) is 12.6. The van der Waals surface area contributed by atoms with Gasteiger partial charge in [0.05, 0.1) is 11.6 Å². The molecule has 0 aromatic heterocycles. The van der Waals surface area contributed by atoms with Crippen LogP contribution in [0.3, 0.4) is 0 Å². The molecule has 1 N–H and O–H groups in total. The van der Waals surface area contributed by atoms with Crippen molar-refractivity contribution in [1.29, 1.82) is 0 Å². The summed E-state index contributed by atoms with van der Waals surface area (Å²) in [5.41, 5.74) is 0.913. The molecule has 22 heavy (non-hydrogen) atoms. The highest BCUT2D eigenvalue weighted by Gasteiger charge is 2.08. The topological polar surface area (TPSA) is 46.5 Å². The predicted octanol–water partition coefficient (Wildman–Crippen LogP) is 4.48. The van der Waals surface area contributed by atoms with E-state index in [1.54, 1.807) is 18.2 Å². The molecular formula is C17H14ClFO3. The van der Waals surface area contributed by atoms with Gasteiger partial charge in [-0.05, 0) is 48.9 Å². The number of ketones is 1. The van der Waals surface area contributed by atoms with Gasteiger partial charge in [-0.15, -0.1) is 0 Å². The Labute approximate surface area is 132 Å². The van der Waals surface area contributed by atoms with E-state index in [-0.39, 0.29) is 22.1 Å². The second-order valence-electron chi connectivity index (χ2n) is 4.48. The van der Waals surface area contributed by atoms with Crippen LogP contribution in [0.2, 0.25) is 5.02 Å². The molecule has 114 valence electrons. The molecule has 0 radical (unpaired) electrons. The molecule has 0 aliphatic heterocycles. The molecule has 0 aliphatic rings. The van der Waals surface area contributed by atoms with E-state index in [1.807, 2.05) is 6.92 Å². The molecule has 2 rings (SSSR count). The van der Waals surface area contributed by atoms with E-state index in [1.165, 1.54) is 24.3 Å². The lowest BCUT2D eigenvalue weighted by molar-refractivity contribution is 0.104. The van der Waals surface area contributed by atoms with E-state index >= 15 is 0 Å². The van der Waals surface area contributed by atoms with Crippen LogP contribution in [0.15, 0.2) is 42.5 Å². The molecular weight excluding hydrogens is 307 g/mol. The standard InChI is InChI=1S/C17H14ClFO3/c1-2-22-17-9-11(4-8-16(17)21)3-7-15(20)13-6-5-12(19)10-14(13)18/h3-10,21H,2H2,1H3/b7-3+. The first-order valence-electron chi connectivity index (χ1n) is 6.64. The lowest BCUT2D eigenvalue weighted by Crippen LogP contribution is -1.96. The number of halogens is 2. The summed E-state index contributed by atoms with van der Waals surface area (Å²) in [6.07, 6.45) is 2.91. The quantitative estimate of drug-likeness (QED) is 0.652. The fraction of sp³-hybridized carbons (Fsp3) is 0.118. The molecule has 0 unspecified atom stereocenters. The number of phenols is 1. The number of hydrogen-bond donors (Lipinski definition) is 1. The van der Waals surface area contributed by atoms with Crippen LogP contribution in [0.4, 0.5) is 4.39 Å². The lowest BCUT2D eigenvalue weighted by atomic mass is 10.1. The van der Waals surface area contributed by atoms with E-state index in [9.17, 15) is 14.3 Å². The van der Waals surface area contributed by atoms with Gasteiger partial charge in [-0.3, -0.25) is 4.79 Å². The molecule has 0 saturated heterocycles. The van der Waals surface area contributed by atoms with Crippen LogP contribution in [0, 0.1) is 5.82 Å². The number of allylic oxidation sites excluding steroid dienone is 1. The van der Waals surface area contributed by atoms with Gasteiger partial charge in [0.15, 0.2) is 17.3 Å². The van der Waals surface area contributed by atoms with Crippen LogP contribution in [0.5, 0.6) is 11.5 Å². The van der Waals surface area contributed by atoms with E-state index in [4.69, 9.17) is 16.3 Å². The van der Waals surface area contributed by atoms with E-state index in [2.05, 4.69) is 0 Å². The number of ether oxygens (including phenoxy) is 1. The fourth-order valence-corrected chi connectivity index (χ4v) is 2.12. The summed E-state index contributed by atoms with van der Waals surface area (Å²) >= 11 is 5.85. The Hall–Kier alpha value is -2.33. The van der Waals surface area contributed by atoms with Gasteiger partial charge in [0.2, 0.25) is 0 Å². The Balaban J connectivity index is 2.20. The number of benzene rings is 2. The molecule has 0 aliphatic carbocycles. The average Bonchev–Trinajstić information content (AvgIpc) is 2.48. The third-order valence-electron chi connectivity index (χ3n) is 2.91. The molecule has 0 bridgehead atoms. The van der Waals surface area contributed by atoms with Gasteiger partial charge < -0.3 is 9.84 Å². The maximum absolute atomic E-state index is 13.0. The van der Waals surface area contributed by atoms with Crippen LogP contribution >= 0.6 is 11.6 Å². The van der Waals surface area contributed by atoms with E-state index in [0.29, 0.717) is 17.9 Å². The highest BCUT2D eigenvalue weighted by atomic mass is 35.5. The summed E-state index contributed by atoms with van der Waals surface area (Å²) in [6.45, 7) is 2.23. The summed E-state index contributed by atoms with van der Waals surface area (Å²) in [4.78, 5) is 12.1. The molecule has 0 atom stereocenters. The van der Waals surface area contributed by atoms with Crippen LogP contribution < -0.4 is 4.74 Å². The Morgan fingerprint density at radius 2 is 2.09 bits per heavy atom. The third-order valence-corrected chi connectivity index (χ3v) is 3.22. The average molecular weight is 321 g/mol. The minimum Gasteiger partial charge on any atom is -0.504 e. The maximum Gasteiger partial charge on any atom is 0.187 e. The number of aromatic hydroxyl groups is 1. The SMILES string of the molecule is CCOc1cc(/C=C/C(=O)c2ccc(F)cc2Cl)ccc1O. The van der Waals surface area contributed by atoms with Crippen molar-refractivity contribution in [3.63, 3.8) is 0 Å². The zero-order chi connectivity index (χ0) is 16.1. The second kappa shape index (κ2) is 7.09. The summed E-state index contributed by atoms with van der Waals surface area (Å²) < 4.78 is 18.2. The Morgan fingerprint density at radius 1 is 1.32 bits per heavy atom. The van der Waals surface area contributed by atoms with Crippen molar-refractivity contribution in [2.24, 2.45) is 0 Å². The van der Waals surface area contributed by atoms with Crippen molar-refractivity contribution >= 4 is 23.5 Å². The summed E-state index contributed by atoms with van der Waals surface area (Å²) in [5.74, 6) is -0.453. The van der Waals surface area contributed by atoms with Crippen molar-refractivity contribution in [2.75, 3.05) is 6.61 Å². The minimum absolute atomic E-state index is 0.0342. The van der Waals surface area contributed by atoms with Gasteiger partial charge in [-0.2, -0.15) is 0 Å². The molecule has 2 aromatic rings. The summed E-state index contributed by atoms with van der Waals surface area (Å²) in [6, 6.07) is 8.37. The molecule has 0 spiro atoms. The number of rotatable bonds is 5. The smallest absolute Gasteiger partial charge is 0.187 e. The Morgan fingerprint density at radius 3 is 2.77 bits per heavy atom. The van der Waals surface area contributed by atoms with Crippen LogP contribution in [-0.2, 0) is 0 Å². The molecule has 0 fully saturated rings. The largest absolute Gasteiger partial charge is 0.504 e. The maximum atomic E-state index is 13.0. The van der Waals surface area contributed by atoms with Gasteiger partial charge in [0.1, 0.15) is 5.82 Å². The lowest BCUT2D eigenvalue weighted by Gasteiger charge is -2.06. The zero-order valence-electron chi connectivity index (χ0n) is 11.8. The van der Waals surface area contributed by atoms with Crippen molar-refractivity contribution in [1.82, 2.24) is 0 Å². The normalized spacial score (nSPS) is 10.9. The monoisotopic (exact) mass is 320 g/mol. The van der Waals surface area contributed by atoms with E-state index in [0.717, 1.165) is 6.07 Å². The molecule has 2 aromatic carbocycles. The molecule has 0 heterocycles. The highest BCUT2D eigenvalue weighted by Crippen LogP contribution is 2.27. The second-order valence-corrected chi connectivity index (χ2v) is 4.89. The third kappa shape index (κ3) is 3.86. The number of carbonyl (C=O) groups excluding carboxylic acids is 1.